The molecule has 0 saturated heterocycles. The van der Waals surface area contributed by atoms with Crippen molar-refractivity contribution >= 4 is 12.4 Å². The topological polar surface area (TPSA) is 81.4 Å². The van der Waals surface area contributed by atoms with Gasteiger partial charge in [-0.1, -0.05) is 71.3 Å². The van der Waals surface area contributed by atoms with Crippen LogP contribution in [-0.2, 0) is 14.3 Å². The smallest absolute Gasteiger partial charge is 0.333 e. The highest BCUT2D eigenvalue weighted by molar-refractivity contribution is 5.86. The third kappa shape index (κ3) is 20.9. The lowest BCUT2D eigenvalue weighted by Crippen LogP contribution is -2.18. The van der Waals surface area contributed by atoms with Crippen molar-refractivity contribution in [3.05, 3.63) is 12.2 Å². The molecule has 3 N–H and O–H groups in total. The van der Waals surface area contributed by atoms with Gasteiger partial charge in [0.1, 0.15) is 0 Å². The predicted molar refractivity (Wildman–Crippen MR) is 91.0 cm³/mol. The van der Waals surface area contributed by atoms with Gasteiger partial charge in [0.2, 0.25) is 6.41 Å². The number of hydrogen-bond acceptors (Lipinski definition) is 4. The van der Waals surface area contributed by atoms with Crippen LogP contribution in [0.2, 0.25) is 0 Å². The van der Waals surface area contributed by atoms with E-state index in [0.717, 1.165) is 6.42 Å². The maximum absolute atomic E-state index is 11.1. The first-order valence-corrected chi connectivity index (χ1v) is 8.32. The molecule has 0 aliphatic heterocycles. The van der Waals surface area contributed by atoms with Crippen LogP contribution >= 0.6 is 0 Å². The van der Waals surface area contributed by atoms with Crippen molar-refractivity contribution in [2.75, 3.05) is 6.61 Å². The Balaban J connectivity index is 0. The molecule has 0 aliphatic rings. The van der Waals surface area contributed by atoms with Gasteiger partial charge < -0.3 is 4.74 Å². The van der Waals surface area contributed by atoms with Crippen LogP contribution in [0.1, 0.15) is 78.1 Å². The van der Waals surface area contributed by atoms with Gasteiger partial charge in [-0.05, 0) is 13.3 Å². The van der Waals surface area contributed by atoms with Gasteiger partial charge in [-0.15, -0.1) is 0 Å². The Labute approximate surface area is 135 Å². The number of nitrogens with one attached hydrogen (secondary N) is 1. The number of ether oxygens (including phenoxy) is 1. The van der Waals surface area contributed by atoms with Crippen LogP contribution in [0.5, 0.6) is 0 Å². The quantitative estimate of drug-likeness (QED) is 0.103. The van der Waals surface area contributed by atoms with Crippen LogP contribution in [0.25, 0.3) is 0 Å². The lowest BCUT2D eigenvalue weighted by Gasteiger charge is -2.04. The first kappa shape index (κ1) is 22.9. The summed E-state index contributed by atoms with van der Waals surface area (Å²) in [4.78, 5) is 20.0. The Hall–Kier alpha value is -1.36. The molecule has 0 fully saturated rings. The molecule has 0 aromatic heterocycles. The molecule has 0 bridgehead atoms. The number of unbranched alkanes of at least 4 members (excludes halogenated alkanes) is 9. The number of hydrogen-bond donors (Lipinski definition) is 2. The van der Waals surface area contributed by atoms with E-state index < -0.39 is 0 Å². The third-order valence-corrected chi connectivity index (χ3v) is 3.15. The summed E-state index contributed by atoms with van der Waals surface area (Å²) in [5, 5.41) is 0. The second-order valence-corrected chi connectivity index (χ2v) is 5.38. The Kier molecular flexibility index (Phi) is 20.5. The molecule has 0 atom stereocenters. The number of rotatable bonds is 13. The SMILES string of the molecule is C=C(C)C(=O)OCCCCCCCCCCCC.NNC=O. The molecule has 0 heterocycles. The molecule has 0 rings (SSSR count). The first-order valence-electron chi connectivity index (χ1n) is 8.32. The van der Waals surface area contributed by atoms with Gasteiger partial charge in [-0.3, -0.25) is 10.2 Å². The van der Waals surface area contributed by atoms with E-state index in [-0.39, 0.29) is 5.97 Å². The molecule has 0 spiro atoms. The van der Waals surface area contributed by atoms with E-state index in [0.29, 0.717) is 18.6 Å². The van der Waals surface area contributed by atoms with E-state index in [2.05, 4.69) is 19.3 Å². The van der Waals surface area contributed by atoms with Crippen LogP contribution in [0, 0.1) is 0 Å². The molecule has 130 valence electrons. The largest absolute Gasteiger partial charge is 0.462 e. The average molecular weight is 314 g/mol. The van der Waals surface area contributed by atoms with Gasteiger partial charge in [0.15, 0.2) is 0 Å². The summed E-state index contributed by atoms with van der Waals surface area (Å²) >= 11 is 0. The number of carbonyl (C=O) groups excluding carboxylic acids is 2. The second-order valence-electron chi connectivity index (χ2n) is 5.38. The Bertz CT molecular complexity index is 281. The van der Waals surface area contributed by atoms with Crippen LogP contribution in [0.15, 0.2) is 12.2 Å². The Morgan fingerprint density at radius 2 is 1.45 bits per heavy atom. The van der Waals surface area contributed by atoms with Gasteiger partial charge in [0.25, 0.3) is 0 Å². The van der Waals surface area contributed by atoms with Crippen molar-refractivity contribution in [3.8, 4) is 0 Å². The van der Waals surface area contributed by atoms with Crippen LogP contribution in [0.3, 0.4) is 0 Å². The minimum atomic E-state index is -0.258. The Morgan fingerprint density at radius 1 is 1.05 bits per heavy atom. The Morgan fingerprint density at radius 3 is 1.82 bits per heavy atom. The molecular formula is C17H34N2O3. The summed E-state index contributed by atoms with van der Waals surface area (Å²) in [6.45, 7) is 8.03. The van der Waals surface area contributed by atoms with Gasteiger partial charge in [-0.2, -0.15) is 0 Å². The van der Waals surface area contributed by atoms with Crippen molar-refractivity contribution in [2.24, 2.45) is 5.84 Å². The molecule has 0 aromatic carbocycles. The predicted octanol–water partition coefficient (Wildman–Crippen LogP) is 3.63. The normalized spacial score (nSPS) is 9.41. The van der Waals surface area contributed by atoms with E-state index in [1.807, 2.05) is 0 Å². The maximum Gasteiger partial charge on any atom is 0.333 e. The molecule has 0 radical (unpaired) electrons. The number of nitrogens with two attached hydrogens (primary N) is 1. The van der Waals surface area contributed by atoms with Crippen LogP contribution < -0.4 is 11.3 Å². The minimum Gasteiger partial charge on any atom is -0.462 e. The summed E-state index contributed by atoms with van der Waals surface area (Å²) in [6, 6.07) is 0. The number of esters is 1. The molecule has 5 heteroatoms. The standard InChI is InChI=1S/C16H30O2.CH4N2O/c1-4-5-6-7-8-9-10-11-12-13-14-18-16(17)15(2)3;2-3-1-4/h2,4-14H2,1,3H3;1H,2H2,(H,3,4). The fraction of sp³-hybridized carbons (Fsp3) is 0.765. The zero-order valence-corrected chi connectivity index (χ0v) is 14.4. The lowest BCUT2D eigenvalue weighted by atomic mass is 10.1. The molecule has 22 heavy (non-hydrogen) atoms. The van der Waals surface area contributed by atoms with E-state index >= 15 is 0 Å². The highest BCUT2D eigenvalue weighted by Gasteiger charge is 2.01. The summed E-state index contributed by atoms with van der Waals surface area (Å²) in [7, 11) is 0. The highest BCUT2D eigenvalue weighted by Crippen LogP contribution is 2.10. The van der Waals surface area contributed by atoms with Gasteiger partial charge in [0.05, 0.1) is 6.61 Å². The van der Waals surface area contributed by atoms with Crippen molar-refractivity contribution in [2.45, 2.75) is 78.1 Å². The molecule has 5 nitrogen and oxygen atoms in total. The zero-order chi connectivity index (χ0) is 17.1. The third-order valence-electron chi connectivity index (χ3n) is 3.15. The number of amides is 1. The molecule has 0 saturated carbocycles. The minimum absolute atomic E-state index is 0.258. The van der Waals surface area contributed by atoms with Crippen molar-refractivity contribution in [1.82, 2.24) is 5.43 Å². The molecule has 0 aliphatic carbocycles. The summed E-state index contributed by atoms with van der Waals surface area (Å²) in [5.41, 5.74) is 2.24. The fourth-order valence-electron chi connectivity index (χ4n) is 1.88. The van der Waals surface area contributed by atoms with E-state index in [1.165, 1.54) is 57.8 Å². The lowest BCUT2D eigenvalue weighted by molar-refractivity contribution is -0.139. The van der Waals surface area contributed by atoms with Crippen LogP contribution in [0.4, 0.5) is 0 Å². The van der Waals surface area contributed by atoms with Gasteiger partial charge >= 0.3 is 5.97 Å². The highest BCUT2D eigenvalue weighted by atomic mass is 16.5. The maximum atomic E-state index is 11.1. The fourth-order valence-corrected chi connectivity index (χ4v) is 1.88. The van der Waals surface area contributed by atoms with Crippen molar-refractivity contribution in [1.29, 1.82) is 0 Å². The summed E-state index contributed by atoms with van der Waals surface area (Å²) < 4.78 is 5.04. The van der Waals surface area contributed by atoms with Gasteiger partial charge in [0, 0.05) is 5.57 Å². The van der Waals surface area contributed by atoms with E-state index in [1.54, 1.807) is 12.3 Å². The summed E-state index contributed by atoms with van der Waals surface area (Å²) in [6.07, 6.45) is 13.4. The van der Waals surface area contributed by atoms with Crippen LogP contribution in [-0.4, -0.2) is 19.0 Å². The molecular weight excluding hydrogens is 280 g/mol. The molecule has 0 aromatic rings. The molecule has 0 unspecified atom stereocenters. The second kappa shape index (κ2) is 19.6. The monoisotopic (exact) mass is 314 g/mol. The van der Waals surface area contributed by atoms with Crippen molar-refractivity contribution in [3.63, 3.8) is 0 Å². The van der Waals surface area contributed by atoms with Gasteiger partial charge in [-0.25, -0.2) is 10.6 Å². The zero-order valence-electron chi connectivity index (χ0n) is 14.4. The molecule has 1 amide bonds. The van der Waals surface area contributed by atoms with Crippen molar-refractivity contribution < 1.29 is 14.3 Å². The number of hydrazine groups is 1. The van der Waals surface area contributed by atoms with E-state index in [4.69, 9.17) is 9.53 Å². The summed E-state index contributed by atoms with van der Waals surface area (Å²) in [5.74, 6) is 4.15. The van der Waals surface area contributed by atoms with E-state index in [9.17, 15) is 4.79 Å². The first-order chi connectivity index (χ1) is 10.6. The average Bonchev–Trinajstić information content (AvgIpc) is 2.52. The number of carbonyl (C=O) groups is 2.